The molecule has 0 atom stereocenters. The van der Waals surface area contributed by atoms with Gasteiger partial charge in [0, 0.05) is 6.42 Å². The molecule has 0 saturated carbocycles. The summed E-state index contributed by atoms with van der Waals surface area (Å²) in [6.07, 6.45) is 5.86. The van der Waals surface area contributed by atoms with E-state index in [0.717, 1.165) is 6.42 Å². The molecule has 2 nitrogen and oxygen atoms in total. The predicted molar refractivity (Wildman–Crippen MR) is 61.7 cm³/mol. The van der Waals surface area contributed by atoms with Gasteiger partial charge in [0.25, 0.3) is 0 Å². The molecule has 1 rings (SSSR count). The van der Waals surface area contributed by atoms with Crippen LogP contribution in [-0.4, -0.2) is 11.1 Å². The molecular formula is C13H16O2. The Morgan fingerprint density at radius 3 is 2.80 bits per heavy atom. The standard InChI is InChI=1S/C13H16O2/c1-11-7-5-6-9-12(11)8-3-2-4-10-13(14)15/h3,5-9H,2,4,10H2,1H3,(H,14,15)/b8-3+. The van der Waals surface area contributed by atoms with E-state index < -0.39 is 5.97 Å². The molecule has 1 N–H and O–H groups in total. The Morgan fingerprint density at radius 1 is 1.40 bits per heavy atom. The Morgan fingerprint density at radius 2 is 2.13 bits per heavy atom. The molecule has 15 heavy (non-hydrogen) atoms. The van der Waals surface area contributed by atoms with Gasteiger partial charge in [-0.2, -0.15) is 0 Å². The second-order valence-corrected chi connectivity index (χ2v) is 3.54. The Balaban J connectivity index is 2.38. The van der Waals surface area contributed by atoms with E-state index in [0.29, 0.717) is 6.42 Å². The minimum Gasteiger partial charge on any atom is -0.481 e. The first-order valence-electron chi connectivity index (χ1n) is 5.14. The largest absolute Gasteiger partial charge is 0.481 e. The van der Waals surface area contributed by atoms with Gasteiger partial charge in [0.1, 0.15) is 0 Å². The fourth-order valence-electron chi connectivity index (χ4n) is 1.36. The second-order valence-electron chi connectivity index (χ2n) is 3.54. The molecule has 0 fully saturated rings. The zero-order valence-electron chi connectivity index (χ0n) is 8.94. The van der Waals surface area contributed by atoms with Gasteiger partial charge in [-0.25, -0.2) is 0 Å². The summed E-state index contributed by atoms with van der Waals surface area (Å²) in [6.45, 7) is 2.07. The first kappa shape index (κ1) is 11.5. The molecule has 0 heterocycles. The lowest BCUT2D eigenvalue weighted by Crippen LogP contribution is -1.92. The number of hydrogen-bond donors (Lipinski definition) is 1. The number of carboxylic acids is 1. The van der Waals surface area contributed by atoms with Crippen LogP contribution in [0.25, 0.3) is 6.08 Å². The molecule has 1 aromatic rings. The Hall–Kier alpha value is -1.57. The lowest BCUT2D eigenvalue weighted by Gasteiger charge is -1.98. The van der Waals surface area contributed by atoms with Crippen LogP contribution in [0.15, 0.2) is 30.3 Å². The molecule has 1 aromatic carbocycles. The van der Waals surface area contributed by atoms with Gasteiger partial charge in [-0.05, 0) is 30.9 Å². The summed E-state index contributed by atoms with van der Waals surface area (Å²) in [7, 11) is 0. The van der Waals surface area contributed by atoms with Crippen molar-refractivity contribution in [1.82, 2.24) is 0 Å². The average Bonchev–Trinajstić information content (AvgIpc) is 2.20. The highest BCUT2D eigenvalue weighted by molar-refractivity contribution is 5.66. The van der Waals surface area contributed by atoms with Crippen LogP contribution >= 0.6 is 0 Å². The molecule has 0 aliphatic heterocycles. The van der Waals surface area contributed by atoms with Crippen LogP contribution in [0.1, 0.15) is 30.4 Å². The van der Waals surface area contributed by atoms with Crippen LogP contribution in [0.2, 0.25) is 0 Å². The van der Waals surface area contributed by atoms with E-state index in [1.165, 1.54) is 11.1 Å². The molecule has 0 bridgehead atoms. The molecular weight excluding hydrogens is 188 g/mol. The van der Waals surface area contributed by atoms with Gasteiger partial charge >= 0.3 is 5.97 Å². The van der Waals surface area contributed by atoms with E-state index in [-0.39, 0.29) is 6.42 Å². The van der Waals surface area contributed by atoms with Crippen molar-refractivity contribution in [3.63, 3.8) is 0 Å². The van der Waals surface area contributed by atoms with Gasteiger partial charge < -0.3 is 5.11 Å². The third-order valence-corrected chi connectivity index (χ3v) is 2.25. The van der Waals surface area contributed by atoms with Crippen molar-refractivity contribution >= 4 is 12.0 Å². The molecule has 0 spiro atoms. The lowest BCUT2D eigenvalue weighted by atomic mass is 10.1. The molecule has 0 unspecified atom stereocenters. The van der Waals surface area contributed by atoms with Gasteiger partial charge in [-0.1, -0.05) is 36.4 Å². The highest BCUT2D eigenvalue weighted by Gasteiger charge is 1.94. The minimum atomic E-state index is -0.723. The third kappa shape index (κ3) is 4.45. The highest BCUT2D eigenvalue weighted by Crippen LogP contribution is 2.09. The summed E-state index contributed by atoms with van der Waals surface area (Å²) < 4.78 is 0. The van der Waals surface area contributed by atoms with Crippen molar-refractivity contribution < 1.29 is 9.90 Å². The van der Waals surface area contributed by atoms with Crippen molar-refractivity contribution in [2.24, 2.45) is 0 Å². The Bertz CT molecular complexity index is 353. The summed E-state index contributed by atoms with van der Waals surface area (Å²) in [5.74, 6) is -0.723. The van der Waals surface area contributed by atoms with E-state index in [1.807, 2.05) is 18.2 Å². The number of carbonyl (C=O) groups is 1. The van der Waals surface area contributed by atoms with Gasteiger partial charge in [0.2, 0.25) is 0 Å². The van der Waals surface area contributed by atoms with E-state index in [2.05, 4.69) is 25.1 Å². The van der Waals surface area contributed by atoms with Gasteiger partial charge in [0.15, 0.2) is 0 Å². The number of benzene rings is 1. The Kier molecular flexibility index (Phi) is 4.61. The maximum Gasteiger partial charge on any atom is 0.303 e. The van der Waals surface area contributed by atoms with Crippen LogP contribution in [0.4, 0.5) is 0 Å². The highest BCUT2D eigenvalue weighted by atomic mass is 16.4. The molecule has 80 valence electrons. The predicted octanol–water partition coefficient (Wildman–Crippen LogP) is 3.26. The van der Waals surface area contributed by atoms with E-state index in [4.69, 9.17) is 5.11 Å². The zero-order valence-corrected chi connectivity index (χ0v) is 8.94. The zero-order chi connectivity index (χ0) is 11.1. The van der Waals surface area contributed by atoms with Gasteiger partial charge in [-0.15, -0.1) is 0 Å². The van der Waals surface area contributed by atoms with E-state index >= 15 is 0 Å². The number of aliphatic carboxylic acids is 1. The maximum atomic E-state index is 10.3. The second kappa shape index (κ2) is 6.02. The molecule has 0 aliphatic carbocycles. The normalized spacial score (nSPS) is 10.7. The molecule has 0 radical (unpaired) electrons. The summed E-state index contributed by atoms with van der Waals surface area (Å²) in [4.78, 5) is 10.3. The monoisotopic (exact) mass is 204 g/mol. The SMILES string of the molecule is Cc1ccccc1/C=C/CCCC(=O)O. The molecule has 0 amide bonds. The van der Waals surface area contributed by atoms with Gasteiger partial charge in [0.05, 0.1) is 0 Å². The number of aryl methyl sites for hydroxylation is 1. The van der Waals surface area contributed by atoms with Crippen LogP contribution in [0.3, 0.4) is 0 Å². The lowest BCUT2D eigenvalue weighted by molar-refractivity contribution is -0.137. The van der Waals surface area contributed by atoms with Crippen molar-refractivity contribution in [1.29, 1.82) is 0 Å². The molecule has 2 heteroatoms. The number of hydrogen-bond acceptors (Lipinski definition) is 1. The molecule has 0 aromatic heterocycles. The van der Waals surface area contributed by atoms with Gasteiger partial charge in [-0.3, -0.25) is 4.79 Å². The maximum absolute atomic E-state index is 10.3. The third-order valence-electron chi connectivity index (χ3n) is 2.25. The van der Waals surface area contributed by atoms with Crippen LogP contribution in [0, 0.1) is 6.92 Å². The van der Waals surface area contributed by atoms with Crippen molar-refractivity contribution in [3.05, 3.63) is 41.5 Å². The first-order chi connectivity index (χ1) is 7.20. The van der Waals surface area contributed by atoms with Crippen LogP contribution in [0.5, 0.6) is 0 Å². The Labute approximate surface area is 90.3 Å². The topological polar surface area (TPSA) is 37.3 Å². The first-order valence-corrected chi connectivity index (χ1v) is 5.14. The molecule has 0 aliphatic rings. The fourth-order valence-corrected chi connectivity index (χ4v) is 1.36. The van der Waals surface area contributed by atoms with Crippen molar-refractivity contribution in [2.75, 3.05) is 0 Å². The smallest absolute Gasteiger partial charge is 0.303 e. The van der Waals surface area contributed by atoms with Crippen LogP contribution in [-0.2, 0) is 4.79 Å². The number of unbranched alkanes of at least 4 members (excludes halogenated alkanes) is 1. The minimum absolute atomic E-state index is 0.248. The number of carboxylic acid groups (broad SMARTS) is 1. The van der Waals surface area contributed by atoms with E-state index in [1.54, 1.807) is 0 Å². The van der Waals surface area contributed by atoms with Crippen molar-refractivity contribution in [2.45, 2.75) is 26.2 Å². The fraction of sp³-hybridized carbons (Fsp3) is 0.308. The van der Waals surface area contributed by atoms with Crippen LogP contribution < -0.4 is 0 Å². The summed E-state index contributed by atoms with van der Waals surface area (Å²) in [5, 5.41) is 8.45. The molecule has 0 saturated heterocycles. The summed E-state index contributed by atoms with van der Waals surface area (Å²) in [6, 6.07) is 8.14. The summed E-state index contributed by atoms with van der Waals surface area (Å²) >= 11 is 0. The van der Waals surface area contributed by atoms with E-state index in [9.17, 15) is 4.79 Å². The average molecular weight is 204 g/mol. The number of allylic oxidation sites excluding steroid dienone is 1. The summed E-state index contributed by atoms with van der Waals surface area (Å²) in [5.41, 5.74) is 2.44. The quantitative estimate of drug-likeness (QED) is 0.747. The number of rotatable bonds is 5. The van der Waals surface area contributed by atoms with Crippen molar-refractivity contribution in [3.8, 4) is 0 Å².